The Labute approximate surface area is 140 Å². The van der Waals surface area contributed by atoms with E-state index in [-0.39, 0.29) is 11.8 Å². The molecule has 1 aromatic rings. The first kappa shape index (κ1) is 17.0. The summed E-state index contributed by atoms with van der Waals surface area (Å²) in [6.45, 7) is 6.84. The molecule has 0 saturated heterocycles. The lowest BCUT2D eigenvalue weighted by atomic mass is 10.0. The van der Waals surface area contributed by atoms with Gasteiger partial charge in [0.1, 0.15) is 5.41 Å². The van der Waals surface area contributed by atoms with Gasteiger partial charge in [-0.1, -0.05) is 35.8 Å². The molecular weight excluding hydrogens is 344 g/mol. The van der Waals surface area contributed by atoms with Crippen molar-refractivity contribution in [2.75, 3.05) is 11.9 Å². The highest BCUT2D eigenvalue weighted by atomic mass is 79.9. The minimum atomic E-state index is -0.867. The van der Waals surface area contributed by atoms with E-state index in [1.807, 2.05) is 25.1 Å². The van der Waals surface area contributed by atoms with Gasteiger partial charge in [0.05, 0.1) is 0 Å². The van der Waals surface area contributed by atoms with E-state index in [4.69, 9.17) is 0 Å². The van der Waals surface area contributed by atoms with Gasteiger partial charge in [0, 0.05) is 16.7 Å². The maximum Gasteiger partial charge on any atom is 0.240 e. The normalized spacial score (nSPS) is 15.5. The molecule has 0 aromatic heterocycles. The fourth-order valence-electron chi connectivity index (χ4n) is 2.25. The van der Waals surface area contributed by atoms with Crippen LogP contribution in [-0.2, 0) is 9.59 Å². The van der Waals surface area contributed by atoms with Crippen molar-refractivity contribution >= 4 is 33.4 Å². The van der Waals surface area contributed by atoms with Crippen LogP contribution in [0.2, 0.25) is 0 Å². The van der Waals surface area contributed by atoms with Gasteiger partial charge in [0.25, 0.3) is 0 Å². The lowest BCUT2D eigenvalue weighted by Gasteiger charge is -2.16. The molecule has 0 radical (unpaired) electrons. The number of benzene rings is 1. The Hall–Kier alpha value is -1.36. The average Bonchev–Trinajstić information content (AvgIpc) is 3.24. The molecular formula is C17H23BrN2O2. The van der Waals surface area contributed by atoms with Gasteiger partial charge in [-0.25, -0.2) is 0 Å². The van der Waals surface area contributed by atoms with Crippen LogP contribution in [0.3, 0.4) is 0 Å². The van der Waals surface area contributed by atoms with Crippen molar-refractivity contribution in [3.63, 3.8) is 0 Å². The molecule has 22 heavy (non-hydrogen) atoms. The molecule has 0 bridgehead atoms. The van der Waals surface area contributed by atoms with Gasteiger partial charge in [0.15, 0.2) is 0 Å². The summed E-state index contributed by atoms with van der Waals surface area (Å²) in [5.74, 6) is 0.191. The van der Waals surface area contributed by atoms with Gasteiger partial charge < -0.3 is 10.6 Å². The first-order valence-electron chi connectivity index (χ1n) is 7.71. The number of halogens is 1. The smallest absolute Gasteiger partial charge is 0.240 e. The third kappa shape index (κ3) is 3.88. The minimum absolute atomic E-state index is 0.142. The van der Waals surface area contributed by atoms with Crippen molar-refractivity contribution in [3.05, 3.63) is 28.2 Å². The molecule has 120 valence electrons. The van der Waals surface area contributed by atoms with Gasteiger partial charge in [0.2, 0.25) is 11.8 Å². The summed E-state index contributed by atoms with van der Waals surface area (Å²) in [5.41, 5.74) is 0.947. The molecule has 5 heteroatoms. The lowest BCUT2D eigenvalue weighted by molar-refractivity contribution is -0.134. The molecule has 0 heterocycles. The fraction of sp³-hybridized carbons (Fsp3) is 0.529. The highest BCUT2D eigenvalue weighted by Gasteiger charge is 2.56. The lowest BCUT2D eigenvalue weighted by Crippen LogP contribution is -2.40. The molecule has 2 rings (SSSR count). The third-order valence-corrected chi connectivity index (χ3v) is 4.91. The topological polar surface area (TPSA) is 58.2 Å². The number of amides is 2. The summed E-state index contributed by atoms with van der Waals surface area (Å²) < 4.78 is 0.941. The second-order valence-corrected chi connectivity index (χ2v) is 7.29. The number of hydrogen-bond donors (Lipinski definition) is 2. The van der Waals surface area contributed by atoms with Crippen molar-refractivity contribution in [1.82, 2.24) is 5.32 Å². The first-order chi connectivity index (χ1) is 10.3. The molecule has 1 aliphatic rings. The zero-order chi connectivity index (χ0) is 16.3. The molecule has 1 aliphatic carbocycles. The molecule has 0 atom stereocenters. The Morgan fingerprint density at radius 1 is 1.27 bits per heavy atom. The molecule has 1 fully saturated rings. The summed E-state index contributed by atoms with van der Waals surface area (Å²) in [7, 11) is 0. The van der Waals surface area contributed by atoms with Crippen LogP contribution in [0.25, 0.3) is 0 Å². The van der Waals surface area contributed by atoms with E-state index in [0.717, 1.165) is 16.5 Å². The van der Waals surface area contributed by atoms with E-state index in [2.05, 4.69) is 40.4 Å². The van der Waals surface area contributed by atoms with Crippen molar-refractivity contribution in [3.8, 4) is 0 Å². The number of carbonyl (C=O) groups is 2. The van der Waals surface area contributed by atoms with E-state index in [1.165, 1.54) is 0 Å². The van der Waals surface area contributed by atoms with Crippen LogP contribution in [0.5, 0.6) is 0 Å². The average molecular weight is 367 g/mol. The van der Waals surface area contributed by atoms with Gasteiger partial charge in [-0.2, -0.15) is 0 Å². The number of nitrogens with one attached hydrogen (secondary N) is 2. The second kappa shape index (κ2) is 6.82. The van der Waals surface area contributed by atoms with E-state index < -0.39 is 5.41 Å². The van der Waals surface area contributed by atoms with Crippen molar-refractivity contribution in [2.45, 2.75) is 40.0 Å². The Morgan fingerprint density at radius 3 is 2.50 bits per heavy atom. The number of carbonyl (C=O) groups excluding carboxylic acids is 2. The summed E-state index contributed by atoms with van der Waals surface area (Å²) >= 11 is 3.45. The highest BCUT2D eigenvalue weighted by Crippen LogP contribution is 2.46. The van der Waals surface area contributed by atoms with Crippen molar-refractivity contribution in [1.29, 1.82) is 0 Å². The molecule has 0 unspecified atom stereocenters. The molecule has 2 amide bonds. The Bertz CT molecular complexity index is 580. The molecule has 2 N–H and O–H groups in total. The van der Waals surface area contributed by atoms with E-state index in [1.54, 1.807) is 0 Å². The SMILES string of the molecule is Cc1ccc(NC(=O)C2(C(=O)NCCC(C)C)CC2)cc1Br. The fourth-order valence-corrected chi connectivity index (χ4v) is 2.63. The van der Waals surface area contributed by atoms with Gasteiger partial charge in [-0.05, 0) is 49.8 Å². The number of anilines is 1. The Kier molecular flexibility index (Phi) is 5.27. The monoisotopic (exact) mass is 366 g/mol. The number of rotatable bonds is 6. The van der Waals surface area contributed by atoms with Crippen LogP contribution in [-0.4, -0.2) is 18.4 Å². The minimum Gasteiger partial charge on any atom is -0.355 e. The zero-order valence-corrected chi connectivity index (χ0v) is 14.9. The molecule has 1 saturated carbocycles. The standard InChI is InChI=1S/C17H23BrN2O2/c1-11(2)6-9-19-15(21)17(7-8-17)16(22)20-13-5-4-12(3)14(18)10-13/h4-5,10-11H,6-9H2,1-3H3,(H,19,21)(H,20,22). The predicted octanol–water partition coefficient (Wildman–Crippen LogP) is 3.64. The predicted molar refractivity (Wildman–Crippen MR) is 91.6 cm³/mol. The first-order valence-corrected chi connectivity index (χ1v) is 8.50. The summed E-state index contributed by atoms with van der Waals surface area (Å²) in [4.78, 5) is 24.7. The van der Waals surface area contributed by atoms with Crippen LogP contribution >= 0.6 is 15.9 Å². The largest absolute Gasteiger partial charge is 0.355 e. The van der Waals surface area contributed by atoms with E-state index in [0.29, 0.717) is 31.0 Å². The zero-order valence-electron chi connectivity index (χ0n) is 13.3. The number of hydrogen-bond acceptors (Lipinski definition) is 2. The van der Waals surface area contributed by atoms with Gasteiger partial charge in [-0.15, -0.1) is 0 Å². The van der Waals surface area contributed by atoms with Crippen molar-refractivity contribution < 1.29 is 9.59 Å². The Balaban J connectivity index is 1.96. The molecule has 0 aliphatic heterocycles. The summed E-state index contributed by atoms with van der Waals surface area (Å²) in [6, 6.07) is 5.65. The van der Waals surface area contributed by atoms with Crippen LogP contribution in [0.15, 0.2) is 22.7 Å². The van der Waals surface area contributed by atoms with E-state index in [9.17, 15) is 9.59 Å². The maximum absolute atomic E-state index is 12.4. The molecule has 1 aromatic carbocycles. The van der Waals surface area contributed by atoms with E-state index >= 15 is 0 Å². The molecule has 0 spiro atoms. The third-order valence-electron chi connectivity index (χ3n) is 4.06. The summed E-state index contributed by atoms with van der Waals surface area (Å²) in [6.07, 6.45) is 2.17. The molecule has 4 nitrogen and oxygen atoms in total. The van der Waals surface area contributed by atoms with Gasteiger partial charge in [-0.3, -0.25) is 9.59 Å². The second-order valence-electron chi connectivity index (χ2n) is 6.44. The van der Waals surface area contributed by atoms with Crippen LogP contribution in [0.4, 0.5) is 5.69 Å². The van der Waals surface area contributed by atoms with Gasteiger partial charge >= 0.3 is 0 Å². The van der Waals surface area contributed by atoms with Crippen LogP contribution < -0.4 is 10.6 Å². The van der Waals surface area contributed by atoms with Crippen LogP contribution in [0.1, 0.15) is 38.7 Å². The highest BCUT2D eigenvalue weighted by molar-refractivity contribution is 9.10. The maximum atomic E-state index is 12.4. The van der Waals surface area contributed by atoms with Crippen molar-refractivity contribution in [2.24, 2.45) is 11.3 Å². The summed E-state index contributed by atoms with van der Waals surface area (Å²) in [5, 5.41) is 5.76. The van der Waals surface area contributed by atoms with Crippen LogP contribution in [0, 0.1) is 18.3 Å². The Morgan fingerprint density at radius 2 is 1.95 bits per heavy atom. The number of aryl methyl sites for hydroxylation is 1. The quantitative estimate of drug-likeness (QED) is 0.755.